The van der Waals surface area contributed by atoms with E-state index in [1.807, 2.05) is 0 Å². The molecule has 1 fully saturated rings. The highest BCUT2D eigenvalue weighted by Gasteiger charge is 2.68. The average Bonchev–Trinajstić information content (AvgIpc) is 2.71. The Labute approximate surface area is 196 Å². The van der Waals surface area contributed by atoms with Crippen LogP contribution in [0.15, 0.2) is 12.2 Å². The quantitative estimate of drug-likeness (QED) is 0.0947. The van der Waals surface area contributed by atoms with Gasteiger partial charge in [0.1, 0.15) is 6.10 Å². The smallest absolute Gasteiger partial charge is 0.457 e. The fourth-order valence-corrected chi connectivity index (χ4v) is 3.49. The zero-order chi connectivity index (χ0) is 27.3. The van der Waals surface area contributed by atoms with E-state index in [-0.39, 0.29) is 12.8 Å². The highest BCUT2D eigenvalue weighted by Crippen LogP contribution is 2.42. The monoisotopic (exact) mass is 546 g/mol. The third-order valence-electron chi connectivity index (χ3n) is 4.99. The molecule has 35 heavy (non-hydrogen) atoms. The first-order chi connectivity index (χ1) is 15.8. The molecule has 0 heterocycles. The predicted molar refractivity (Wildman–Crippen MR) is 104 cm³/mol. The van der Waals surface area contributed by atoms with Crippen molar-refractivity contribution in [2.45, 2.75) is 87.5 Å². The highest BCUT2D eigenvalue weighted by molar-refractivity contribution is 7.87. The molecule has 1 rings (SSSR count). The van der Waals surface area contributed by atoms with Crippen LogP contribution in [0.5, 0.6) is 0 Å². The van der Waals surface area contributed by atoms with Crippen molar-refractivity contribution >= 4 is 22.1 Å². The molecular weight excluding hydrogens is 521 g/mol. The van der Waals surface area contributed by atoms with Crippen molar-refractivity contribution in [2.75, 3.05) is 6.61 Å². The maximum atomic E-state index is 13.9. The van der Waals surface area contributed by atoms with Crippen molar-refractivity contribution in [3.05, 3.63) is 12.2 Å². The van der Waals surface area contributed by atoms with Crippen LogP contribution >= 0.6 is 0 Å². The van der Waals surface area contributed by atoms with Crippen molar-refractivity contribution in [2.24, 2.45) is 0 Å². The lowest BCUT2D eigenvalue weighted by Crippen LogP contribution is -2.59. The molecule has 1 saturated carbocycles. The number of esters is 2. The van der Waals surface area contributed by atoms with E-state index in [0.717, 1.165) is 13.3 Å². The molecule has 0 amide bonds. The molecule has 0 bridgehead atoms. The van der Waals surface area contributed by atoms with E-state index in [1.54, 1.807) is 0 Å². The van der Waals surface area contributed by atoms with E-state index >= 15 is 0 Å². The van der Waals surface area contributed by atoms with Crippen LogP contribution in [0, 0.1) is 0 Å². The summed E-state index contributed by atoms with van der Waals surface area (Å²) in [6.45, 7) is 2.87. The molecule has 0 aromatic heterocycles. The third-order valence-corrected chi connectivity index (χ3v) is 5.94. The minimum atomic E-state index is -6.48. The number of ether oxygens (including phenoxy) is 3. The second-order valence-electron chi connectivity index (χ2n) is 7.95. The second-order valence-corrected chi connectivity index (χ2v) is 9.41. The normalized spacial score (nSPS) is 18.0. The third kappa shape index (κ3) is 7.52. The molecule has 0 aliphatic heterocycles. The van der Waals surface area contributed by atoms with Crippen molar-refractivity contribution in [3.8, 4) is 0 Å². The summed E-state index contributed by atoms with van der Waals surface area (Å²) in [6, 6.07) is 0. The van der Waals surface area contributed by atoms with Gasteiger partial charge in [-0.1, -0.05) is 13.0 Å². The van der Waals surface area contributed by atoms with Gasteiger partial charge in [-0.15, -0.1) is 0 Å². The Kier molecular flexibility index (Phi) is 10.1. The summed E-state index contributed by atoms with van der Waals surface area (Å²) in [5, 5.41) is -5.85. The van der Waals surface area contributed by atoms with E-state index < -0.39 is 82.7 Å². The molecule has 1 atom stereocenters. The Balaban J connectivity index is 3.02. The molecule has 1 aliphatic rings. The lowest BCUT2D eigenvalue weighted by molar-refractivity contribution is -0.356. The summed E-state index contributed by atoms with van der Waals surface area (Å²) in [4.78, 5) is 24.4. The van der Waals surface area contributed by atoms with Crippen molar-refractivity contribution < 1.29 is 67.5 Å². The number of rotatable bonds is 12. The Bertz CT molecular complexity index is 882. The van der Waals surface area contributed by atoms with Crippen molar-refractivity contribution in [1.82, 2.24) is 0 Å². The molecule has 1 unspecified atom stereocenters. The zero-order valence-electron chi connectivity index (χ0n) is 18.5. The first-order valence-corrected chi connectivity index (χ1v) is 11.8. The Morgan fingerprint density at radius 3 is 2.00 bits per heavy atom. The SMILES string of the molecule is C=C(C)C(=O)OC(OCCCCC(F)(F)C(F)(F)S(=O)(=O)O)(C(=O)OC1CCCCC1)C(F)(F)F. The molecule has 0 aromatic rings. The van der Waals surface area contributed by atoms with E-state index in [1.165, 1.54) is 0 Å². The maximum absolute atomic E-state index is 13.9. The van der Waals surface area contributed by atoms with Gasteiger partial charge in [-0.05, 0) is 45.4 Å². The van der Waals surface area contributed by atoms with Gasteiger partial charge in [-0.3, -0.25) is 4.55 Å². The molecule has 0 aromatic carbocycles. The van der Waals surface area contributed by atoms with Gasteiger partial charge in [0.2, 0.25) is 0 Å². The summed E-state index contributed by atoms with van der Waals surface area (Å²) in [7, 11) is -6.48. The second kappa shape index (κ2) is 11.4. The zero-order valence-corrected chi connectivity index (χ0v) is 19.3. The van der Waals surface area contributed by atoms with Crippen molar-refractivity contribution in [3.63, 3.8) is 0 Å². The number of hydrogen-bond acceptors (Lipinski definition) is 7. The number of unbranched alkanes of at least 4 members (excludes halogenated alkanes) is 1. The summed E-state index contributed by atoms with van der Waals surface area (Å²) in [5.41, 5.74) is -0.542. The topological polar surface area (TPSA) is 116 Å². The van der Waals surface area contributed by atoms with E-state index in [0.29, 0.717) is 12.8 Å². The Hall–Kier alpha value is -1.94. The van der Waals surface area contributed by atoms with E-state index in [2.05, 4.69) is 16.1 Å². The summed E-state index contributed by atoms with van der Waals surface area (Å²) >= 11 is 0. The molecule has 8 nitrogen and oxygen atoms in total. The van der Waals surface area contributed by atoms with Gasteiger partial charge >= 0.3 is 45.2 Å². The van der Waals surface area contributed by atoms with Gasteiger partial charge in [0.05, 0.1) is 6.61 Å². The molecular formula is C19H25F7O8S. The summed E-state index contributed by atoms with van der Waals surface area (Å²) in [5.74, 6) is -13.4. The Morgan fingerprint density at radius 2 is 1.54 bits per heavy atom. The summed E-state index contributed by atoms with van der Waals surface area (Å²) in [6.07, 6.45) is -8.00. The molecule has 0 saturated heterocycles. The standard InChI is InChI=1S/C19H25F7O8S/c1-12(2)14(27)34-17(18(22,23)24,15(28)33-13-8-4-3-5-9-13)32-11-7-6-10-16(20,21)19(25,26)35(29,30)31/h13H,1,3-11H2,2H3,(H,29,30,31). The average molecular weight is 546 g/mol. The van der Waals surface area contributed by atoms with Gasteiger partial charge in [0.25, 0.3) is 0 Å². The predicted octanol–water partition coefficient (Wildman–Crippen LogP) is 4.54. The van der Waals surface area contributed by atoms with Crippen LogP contribution < -0.4 is 0 Å². The van der Waals surface area contributed by atoms with E-state index in [9.17, 15) is 48.7 Å². The maximum Gasteiger partial charge on any atom is 0.468 e. The molecule has 204 valence electrons. The fourth-order valence-electron chi connectivity index (χ4n) is 3.01. The van der Waals surface area contributed by atoms with Gasteiger partial charge < -0.3 is 14.2 Å². The first kappa shape index (κ1) is 31.1. The van der Waals surface area contributed by atoms with Crippen LogP contribution in [0.1, 0.15) is 58.3 Å². The number of carbonyl (C=O) groups excluding carboxylic acids is 2. The van der Waals surface area contributed by atoms with E-state index in [4.69, 9.17) is 9.29 Å². The summed E-state index contributed by atoms with van der Waals surface area (Å²) < 4.78 is 138. The van der Waals surface area contributed by atoms with Gasteiger partial charge in [-0.25, -0.2) is 9.59 Å². The van der Waals surface area contributed by atoms with Crippen LogP contribution in [-0.2, 0) is 33.9 Å². The van der Waals surface area contributed by atoms with Crippen LogP contribution in [0.2, 0.25) is 0 Å². The molecule has 0 radical (unpaired) electrons. The lowest BCUT2D eigenvalue weighted by Gasteiger charge is -2.34. The fraction of sp³-hybridized carbons (Fsp3) is 0.789. The minimum absolute atomic E-state index is 0.241. The first-order valence-electron chi connectivity index (χ1n) is 10.3. The lowest BCUT2D eigenvalue weighted by atomic mass is 9.98. The van der Waals surface area contributed by atoms with Crippen LogP contribution in [0.3, 0.4) is 0 Å². The van der Waals surface area contributed by atoms with Gasteiger partial charge in [0, 0.05) is 12.0 Å². The number of halogens is 7. The van der Waals surface area contributed by atoms with Gasteiger partial charge in [-0.2, -0.15) is 39.2 Å². The number of hydrogen-bond donors (Lipinski definition) is 1. The van der Waals surface area contributed by atoms with Crippen molar-refractivity contribution in [1.29, 1.82) is 0 Å². The van der Waals surface area contributed by atoms with Crippen LogP contribution in [0.25, 0.3) is 0 Å². The molecule has 1 N–H and O–H groups in total. The van der Waals surface area contributed by atoms with Gasteiger partial charge in [0.15, 0.2) is 0 Å². The Morgan fingerprint density at radius 1 is 1.00 bits per heavy atom. The largest absolute Gasteiger partial charge is 0.468 e. The minimum Gasteiger partial charge on any atom is -0.457 e. The highest BCUT2D eigenvalue weighted by atomic mass is 32.2. The molecule has 0 spiro atoms. The van der Waals surface area contributed by atoms with Crippen LogP contribution in [0.4, 0.5) is 30.7 Å². The molecule has 1 aliphatic carbocycles. The molecule has 16 heteroatoms. The number of alkyl halides is 7. The van der Waals surface area contributed by atoms with Crippen LogP contribution in [-0.4, -0.2) is 60.8 Å². The number of carbonyl (C=O) groups is 2.